The van der Waals surface area contributed by atoms with Gasteiger partial charge in [0, 0.05) is 11.7 Å². The van der Waals surface area contributed by atoms with E-state index in [0.717, 1.165) is 46.8 Å². The van der Waals surface area contributed by atoms with Crippen molar-refractivity contribution < 1.29 is 14.3 Å². The Morgan fingerprint density at radius 3 is 2.50 bits per heavy atom. The van der Waals surface area contributed by atoms with Gasteiger partial charge < -0.3 is 19.4 Å². The molecule has 2 aromatic carbocycles. The van der Waals surface area contributed by atoms with Gasteiger partial charge in [-0.15, -0.1) is 0 Å². The Hall–Kier alpha value is -3.02. The van der Waals surface area contributed by atoms with Crippen LogP contribution in [0, 0.1) is 18.3 Å². The Kier molecular flexibility index (Phi) is 6.61. The molecule has 0 saturated heterocycles. The molecule has 182 valence electrons. The molecule has 34 heavy (non-hydrogen) atoms. The number of imidazole rings is 1. The summed E-state index contributed by atoms with van der Waals surface area (Å²) in [6, 6.07) is 12.2. The Morgan fingerprint density at radius 2 is 1.88 bits per heavy atom. The van der Waals surface area contributed by atoms with Crippen molar-refractivity contribution in [2.45, 2.75) is 73.0 Å². The molecule has 0 bridgehead atoms. The first-order valence-electron chi connectivity index (χ1n) is 12.2. The van der Waals surface area contributed by atoms with Gasteiger partial charge in [0.05, 0.1) is 29.8 Å². The SMILES string of the molecule is COC(=O)c1cc2nc(Nc3ccc(OC(C)C)cc3)n(C3C[C@H](C)CC(C)(C)C3)c2cc1C. The van der Waals surface area contributed by atoms with Gasteiger partial charge in [0.2, 0.25) is 5.95 Å². The van der Waals surface area contributed by atoms with E-state index in [1.807, 2.05) is 51.1 Å². The van der Waals surface area contributed by atoms with Gasteiger partial charge in [-0.3, -0.25) is 0 Å². The highest BCUT2D eigenvalue weighted by atomic mass is 16.5. The number of nitrogens with zero attached hydrogens (tertiary/aromatic N) is 2. The van der Waals surface area contributed by atoms with E-state index in [0.29, 0.717) is 17.5 Å². The average molecular weight is 464 g/mol. The first-order valence-corrected chi connectivity index (χ1v) is 12.2. The van der Waals surface area contributed by atoms with Crippen LogP contribution in [0.1, 0.15) is 75.8 Å². The average Bonchev–Trinajstić information content (AvgIpc) is 3.08. The number of fused-ring (bicyclic) bond motifs is 1. The van der Waals surface area contributed by atoms with Gasteiger partial charge in [0.15, 0.2) is 0 Å². The topological polar surface area (TPSA) is 65.4 Å². The van der Waals surface area contributed by atoms with Crippen molar-refractivity contribution in [2.24, 2.45) is 11.3 Å². The number of rotatable bonds is 6. The van der Waals surface area contributed by atoms with Crippen LogP contribution in [-0.4, -0.2) is 28.7 Å². The minimum absolute atomic E-state index is 0.131. The summed E-state index contributed by atoms with van der Waals surface area (Å²) in [4.78, 5) is 17.3. The summed E-state index contributed by atoms with van der Waals surface area (Å²) in [6.45, 7) is 13.1. The van der Waals surface area contributed by atoms with E-state index in [1.54, 1.807) is 0 Å². The zero-order valence-electron chi connectivity index (χ0n) is 21.4. The van der Waals surface area contributed by atoms with Crippen LogP contribution in [0.25, 0.3) is 11.0 Å². The van der Waals surface area contributed by atoms with E-state index in [1.165, 1.54) is 13.5 Å². The first kappa shape index (κ1) is 24.1. The third kappa shape index (κ3) is 5.06. The van der Waals surface area contributed by atoms with Crippen molar-refractivity contribution in [1.82, 2.24) is 9.55 Å². The molecule has 1 aliphatic carbocycles. The molecule has 0 radical (unpaired) electrons. The Labute approximate surface area is 202 Å². The van der Waals surface area contributed by atoms with E-state index in [-0.39, 0.29) is 17.5 Å². The predicted octanol–water partition coefficient (Wildman–Crippen LogP) is 7.05. The molecular weight excluding hydrogens is 426 g/mol. The normalized spacial score (nSPS) is 19.9. The highest BCUT2D eigenvalue weighted by molar-refractivity contribution is 5.96. The molecule has 0 spiro atoms. The maximum atomic E-state index is 12.3. The fraction of sp³-hybridized carbons (Fsp3) is 0.500. The third-order valence-electron chi connectivity index (χ3n) is 6.65. The number of anilines is 2. The number of esters is 1. The summed E-state index contributed by atoms with van der Waals surface area (Å²) in [5, 5.41) is 3.54. The number of ether oxygens (including phenoxy) is 2. The molecule has 2 atom stereocenters. The van der Waals surface area contributed by atoms with Crippen molar-refractivity contribution in [2.75, 3.05) is 12.4 Å². The lowest BCUT2D eigenvalue weighted by molar-refractivity contribution is 0.0600. The Bertz CT molecular complexity index is 1180. The molecule has 0 aliphatic heterocycles. The third-order valence-corrected chi connectivity index (χ3v) is 6.65. The maximum absolute atomic E-state index is 12.3. The second-order valence-corrected chi connectivity index (χ2v) is 10.8. The summed E-state index contributed by atoms with van der Waals surface area (Å²) in [5.41, 5.74) is 4.49. The molecule has 1 aromatic heterocycles. The number of benzene rings is 2. The van der Waals surface area contributed by atoms with Crippen LogP contribution >= 0.6 is 0 Å². The van der Waals surface area contributed by atoms with Crippen molar-refractivity contribution in [1.29, 1.82) is 0 Å². The number of hydrogen-bond acceptors (Lipinski definition) is 5. The van der Waals surface area contributed by atoms with Crippen molar-refractivity contribution >= 4 is 28.6 Å². The molecule has 1 saturated carbocycles. The summed E-state index contributed by atoms with van der Waals surface area (Å²) in [5.74, 6) is 1.93. The number of methoxy groups -OCH3 is 1. The number of carbonyl (C=O) groups is 1. The second-order valence-electron chi connectivity index (χ2n) is 10.8. The number of carbonyl (C=O) groups excluding carboxylic acids is 1. The number of hydrogen-bond donors (Lipinski definition) is 1. The van der Waals surface area contributed by atoms with Gasteiger partial charge in [-0.1, -0.05) is 20.8 Å². The fourth-order valence-corrected chi connectivity index (χ4v) is 5.54. The lowest BCUT2D eigenvalue weighted by atomic mass is 9.70. The van der Waals surface area contributed by atoms with Crippen molar-refractivity contribution in [3.63, 3.8) is 0 Å². The molecule has 1 N–H and O–H groups in total. The molecule has 6 nitrogen and oxygen atoms in total. The number of nitrogens with one attached hydrogen (secondary N) is 1. The first-order chi connectivity index (χ1) is 16.1. The lowest BCUT2D eigenvalue weighted by Crippen LogP contribution is -2.29. The monoisotopic (exact) mass is 463 g/mol. The largest absolute Gasteiger partial charge is 0.491 e. The smallest absolute Gasteiger partial charge is 0.338 e. The molecule has 1 aliphatic rings. The van der Waals surface area contributed by atoms with Crippen LogP contribution in [0.2, 0.25) is 0 Å². The highest BCUT2D eigenvalue weighted by Crippen LogP contribution is 2.46. The van der Waals surface area contributed by atoms with Crippen LogP contribution in [0.3, 0.4) is 0 Å². The van der Waals surface area contributed by atoms with Gasteiger partial charge in [-0.05, 0) is 93.3 Å². The maximum Gasteiger partial charge on any atom is 0.338 e. The highest BCUT2D eigenvalue weighted by Gasteiger charge is 2.35. The van der Waals surface area contributed by atoms with Gasteiger partial charge >= 0.3 is 5.97 Å². The Morgan fingerprint density at radius 1 is 1.18 bits per heavy atom. The van der Waals surface area contributed by atoms with E-state index >= 15 is 0 Å². The van der Waals surface area contributed by atoms with Crippen molar-refractivity contribution in [3.05, 3.63) is 47.5 Å². The summed E-state index contributed by atoms with van der Waals surface area (Å²) < 4.78 is 13.1. The van der Waals surface area contributed by atoms with Gasteiger partial charge in [-0.25, -0.2) is 9.78 Å². The molecular formula is C28H37N3O3. The van der Waals surface area contributed by atoms with Crippen molar-refractivity contribution in [3.8, 4) is 5.75 Å². The standard InChI is InChI=1S/C28H37N3O3/c1-17(2)34-22-10-8-20(9-11-22)29-27-30-24-14-23(26(32)33-7)19(4)13-25(24)31(27)21-12-18(3)15-28(5,6)16-21/h8-11,13-14,17-18,21H,12,15-16H2,1-7H3,(H,29,30)/t18-,21?/m0/s1. The fourth-order valence-electron chi connectivity index (χ4n) is 5.54. The Balaban J connectivity index is 1.79. The molecule has 1 heterocycles. The lowest BCUT2D eigenvalue weighted by Gasteiger charge is -2.40. The summed E-state index contributed by atoms with van der Waals surface area (Å²) in [7, 11) is 1.41. The molecule has 4 rings (SSSR count). The van der Waals surface area contributed by atoms with E-state index < -0.39 is 0 Å². The summed E-state index contributed by atoms with van der Waals surface area (Å²) >= 11 is 0. The van der Waals surface area contributed by atoms with Crippen LogP contribution in [0.15, 0.2) is 36.4 Å². The summed E-state index contributed by atoms with van der Waals surface area (Å²) in [6.07, 6.45) is 3.53. The second kappa shape index (κ2) is 9.32. The number of aromatic nitrogens is 2. The zero-order chi connectivity index (χ0) is 24.6. The van der Waals surface area contributed by atoms with Gasteiger partial charge in [0.25, 0.3) is 0 Å². The minimum Gasteiger partial charge on any atom is -0.491 e. The molecule has 0 amide bonds. The van der Waals surface area contributed by atoms with Crippen LogP contribution in [-0.2, 0) is 4.74 Å². The van der Waals surface area contributed by atoms with Crippen LogP contribution < -0.4 is 10.1 Å². The van der Waals surface area contributed by atoms with E-state index in [2.05, 4.69) is 36.7 Å². The minimum atomic E-state index is -0.336. The van der Waals surface area contributed by atoms with Gasteiger partial charge in [0.1, 0.15) is 5.75 Å². The van der Waals surface area contributed by atoms with Crippen LogP contribution in [0.4, 0.5) is 11.6 Å². The molecule has 1 fully saturated rings. The zero-order valence-corrected chi connectivity index (χ0v) is 21.4. The number of aryl methyl sites for hydroxylation is 1. The van der Waals surface area contributed by atoms with Gasteiger partial charge in [-0.2, -0.15) is 0 Å². The molecule has 3 aromatic rings. The quantitative estimate of drug-likeness (QED) is 0.397. The van der Waals surface area contributed by atoms with E-state index in [9.17, 15) is 4.79 Å². The van der Waals surface area contributed by atoms with E-state index in [4.69, 9.17) is 14.5 Å². The molecule has 1 unspecified atom stereocenters. The predicted molar refractivity (Wildman–Crippen MR) is 137 cm³/mol. The molecule has 6 heteroatoms. The van der Waals surface area contributed by atoms with Crippen LogP contribution in [0.5, 0.6) is 5.75 Å².